The van der Waals surface area contributed by atoms with Crippen LogP contribution in [0.2, 0.25) is 0 Å². The number of hydrogen-bond donors (Lipinski definition) is 0. The zero-order valence-corrected chi connectivity index (χ0v) is 8.91. The van der Waals surface area contributed by atoms with Crippen molar-refractivity contribution in [3.05, 3.63) is 71.0 Å². The zero-order valence-electron chi connectivity index (χ0n) is 8.91. The first-order valence-corrected chi connectivity index (χ1v) is 5.05. The summed E-state index contributed by atoms with van der Waals surface area (Å²) in [5.74, 6) is -0.731. The van der Waals surface area contributed by atoms with E-state index in [4.69, 9.17) is 0 Å². The minimum absolute atomic E-state index is 0.161. The van der Waals surface area contributed by atoms with Gasteiger partial charge in [-0.05, 0) is 18.6 Å². The summed E-state index contributed by atoms with van der Waals surface area (Å²) in [5.41, 5.74) is 1.33. The molecule has 0 heterocycles. The van der Waals surface area contributed by atoms with Crippen LogP contribution in [0.25, 0.3) is 0 Å². The molecule has 2 rings (SSSR count). The lowest BCUT2D eigenvalue weighted by Gasteiger charge is -2.05. The molecule has 0 aromatic heterocycles. The molecule has 0 fully saturated rings. The highest BCUT2D eigenvalue weighted by Crippen LogP contribution is 2.17. The quantitative estimate of drug-likeness (QED) is 0.700. The Kier molecular flexibility index (Phi) is 2.82. The van der Waals surface area contributed by atoms with Gasteiger partial charge in [0.15, 0.2) is 5.78 Å². The van der Waals surface area contributed by atoms with E-state index >= 15 is 0 Å². The lowest BCUT2D eigenvalue weighted by molar-refractivity contribution is 0.103. The first kappa shape index (κ1) is 10.6. The summed E-state index contributed by atoms with van der Waals surface area (Å²) in [6, 6.07) is 13.4. The van der Waals surface area contributed by atoms with E-state index in [-0.39, 0.29) is 11.3 Å². The maximum Gasteiger partial charge on any atom is 0.196 e. The van der Waals surface area contributed by atoms with Crippen LogP contribution in [-0.2, 0) is 0 Å². The van der Waals surface area contributed by atoms with Crippen molar-refractivity contribution >= 4 is 5.78 Å². The highest BCUT2D eigenvalue weighted by atomic mass is 19.1. The number of benzene rings is 2. The van der Waals surface area contributed by atoms with Crippen LogP contribution in [0.15, 0.2) is 48.5 Å². The zero-order chi connectivity index (χ0) is 11.5. The van der Waals surface area contributed by atoms with Gasteiger partial charge in [0.25, 0.3) is 0 Å². The molecule has 0 amide bonds. The second kappa shape index (κ2) is 4.27. The van der Waals surface area contributed by atoms with Crippen LogP contribution >= 0.6 is 0 Å². The van der Waals surface area contributed by atoms with E-state index in [1.165, 1.54) is 6.07 Å². The van der Waals surface area contributed by atoms with E-state index < -0.39 is 5.82 Å². The van der Waals surface area contributed by atoms with Crippen molar-refractivity contribution in [2.45, 2.75) is 6.92 Å². The van der Waals surface area contributed by atoms with Crippen LogP contribution in [0.3, 0.4) is 0 Å². The van der Waals surface area contributed by atoms with Crippen LogP contribution in [0, 0.1) is 12.7 Å². The van der Waals surface area contributed by atoms with Crippen LogP contribution in [0.5, 0.6) is 0 Å². The highest BCUT2D eigenvalue weighted by molar-refractivity contribution is 6.10. The van der Waals surface area contributed by atoms with Gasteiger partial charge in [0.05, 0.1) is 5.56 Å². The molecular weight excluding hydrogens is 203 g/mol. The average molecular weight is 214 g/mol. The Morgan fingerprint density at radius 2 is 1.69 bits per heavy atom. The third-order valence-electron chi connectivity index (χ3n) is 2.48. The fourth-order valence-corrected chi connectivity index (χ4v) is 1.65. The van der Waals surface area contributed by atoms with Gasteiger partial charge in [-0.15, -0.1) is 0 Å². The second-order valence-electron chi connectivity index (χ2n) is 3.63. The normalized spacial score (nSPS) is 10.1. The lowest BCUT2D eigenvalue weighted by Crippen LogP contribution is -2.06. The molecule has 0 radical (unpaired) electrons. The molecule has 16 heavy (non-hydrogen) atoms. The van der Waals surface area contributed by atoms with Gasteiger partial charge in [-0.25, -0.2) is 4.39 Å². The molecule has 0 spiro atoms. The summed E-state index contributed by atoms with van der Waals surface area (Å²) in [5, 5.41) is 0. The maximum absolute atomic E-state index is 13.6. The third-order valence-corrected chi connectivity index (χ3v) is 2.48. The smallest absolute Gasteiger partial charge is 0.196 e. The van der Waals surface area contributed by atoms with Crippen molar-refractivity contribution in [2.75, 3.05) is 0 Å². The molecule has 0 saturated heterocycles. The summed E-state index contributed by atoms with van der Waals surface area (Å²) in [6.45, 7) is 1.74. The first-order valence-electron chi connectivity index (χ1n) is 5.05. The van der Waals surface area contributed by atoms with E-state index in [9.17, 15) is 9.18 Å². The Hall–Kier alpha value is -1.96. The Bertz CT molecular complexity index is 497. The average Bonchev–Trinajstić information content (AvgIpc) is 2.30. The molecule has 0 unspecified atom stereocenters. The predicted octanol–water partition coefficient (Wildman–Crippen LogP) is 3.37. The van der Waals surface area contributed by atoms with Crippen molar-refractivity contribution < 1.29 is 9.18 Å². The number of carbonyl (C=O) groups is 1. The lowest BCUT2D eigenvalue weighted by atomic mass is 9.99. The maximum atomic E-state index is 13.6. The number of carbonyl (C=O) groups excluding carboxylic acids is 1. The second-order valence-corrected chi connectivity index (χ2v) is 3.63. The predicted molar refractivity (Wildman–Crippen MR) is 61.0 cm³/mol. The number of hydrogen-bond acceptors (Lipinski definition) is 1. The molecule has 1 nitrogen and oxygen atoms in total. The molecule has 0 aliphatic heterocycles. The van der Waals surface area contributed by atoms with Crippen LogP contribution in [0.1, 0.15) is 21.5 Å². The first-order chi connectivity index (χ1) is 7.70. The molecule has 0 aliphatic rings. The summed E-state index contributed by atoms with van der Waals surface area (Å²) in [4.78, 5) is 12.0. The van der Waals surface area contributed by atoms with Crippen molar-refractivity contribution in [2.24, 2.45) is 0 Å². The van der Waals surface area contributed by atoms with Crippen molar-refractivity contribution in [1.29, 1.82) is 0 Å². The Labute approximate surface area is 93.5 Å². The summed E-state index contributed by atoms with van der Waals surface area (Å²) >= 11 is 0. The van der Waals surface area contributed by atoms with Gasteiger partial charge in [0.1, 0.15) is 5.82 Å². The van der Waals surface area contributed by atoms with Gasteiger partial charge in [0, 0.05) is 5.56 Å². The van der Waals surface area contributed by atoms with Crippen molar-refractivity contribution in [1.82, 2.24) is 0 Å². The molecule has 80 valence electrons. The molecule has 0 N–H and O–H groups in total. The molecule has 0 bridgehead atoms. The molecule has 2 heteroatoms. The monoisotopic (exact) mass is 214 g/mol. The van der Waals surface area contributed by atoms with E-state index in [0.717, 1.165) is 0 Å². The Morgan fingerprint density at radius 3 is 2.31 bits per heavy atom. The summed E-state index contributed by atoms with van der Waals surface area (Å²) in [6.07, 6.45) is 0. The van der Waals surface area contributed by atoms with Gasteiger partial charge >= 0.3 is 0 Å². The van der Waals surface area contributed by atoms with Crippen LogP contribution in [-0.4, -0.2) is 5.78 Å². The van der Waals surface area contributed by atoms with Crippen LogP contribution in [0.4, 0.5) is 4.39 Å². The summed E-state index contributed by atoms with van der Waals surface area (Å²) < 4.78 is 13.6. The topological polar surface area (TPSA) is 17.1 Å². The van der Waals surface area contributed by atoms with Gasteiger partial charge in [-0.2, -0.15) is 0 Å². The molecule has 2 aromatic carbocycles. The Balaban J connectivity index is 2.50. The van der Waals surface area contributed by atoms with E-state index in [2.05, 4.69) is 0 Å². The third kappa shape index (κ3) is 1.87. The van der Waals surface area contributed by atoms with Crippen LogP contribution < -0.4 is 0 Å². The van der Waals surface area contributed by atoms with Gasteiger partial charge in [0.2, 0.25) is 0 Å². The van der Waals surface area contributed by atoms with Crippen molar-refractivity contribution in [3.8, 4) is 0 Å². The summed E-state index contributed by atoms with van der Waals surface area (Å²) in [7, 11) is 0. The minimum atomic E-state index is -0.464. The minimum Gasteiger partial charge on any atom is -0.288 e. The fraction of sp³-hybridized carbons (Fsp3) is 0.0714. The van der Waals surface area contributed by atoms with E-state index in [1.807, 2.05) is 6.07 Å². The van der Waals surface area contributed by atoms with Gasteiger partial charge < -0.3 is 0 Å². The molecule has 0 saturated carbocycles. The SMILES string of the molecule is Cc1cccc(F)c1C(=O)c1ccccc1. The number of halogens is 1. The molecule has 0 aliphatic carbocycles. The molecule has 2 aromatic rings. The van der Waals surface area contributed by atoms with Gasteiger partial charge in [-0.3, -0.25) is 4.79 Å². The number of ketones is 1. The van der Waals surface area contributed by atoms with Gasteiger partial charge in [-0.1, -0.05) is 42.5 Å². The number of rotatable bonds is 2. The molecular formula is C14H11FO. The molecule has 0 atom stereocenters. The van der Waals surface area contributed by atoms with E-state index in [1.54, 1.807) is 43.3 Å². The standard InChI is InChI=1S/C14H11FO/c1-10-6-5-9-12(15)13(10)14(16)11-7-3-2-4-8-11/h2-9H,1H3. The Morgan fingerprint density at radius 1 is 1.00 bits per heavy atom. The number of aryl methyl sites for hydroxylation is 1. The van der Waals surface area contributed by atoms with E-state index in [0.29, 0.717) is 11.1 Å². The largest absolute Gasteiger partial charge is 0.288 e. The highest BCUT2D eigenvalue weighted by Gasteiger charge is 2.15. The van der Waals surface area contributed by atoms with Crippen molar-refractivity contribution in [3.63, 3.8) is 0 Å². The fourth-order valence-electron chi connectivity index (χ4n) is 1.65.